The number of carbonyl (C=O) groups is 1. The topological polar surface area (TPSA) is 35.5 Å². The van der Waals surface area contributed by atoms with Gasteiger partial charge in [-0.1, -0.05) is 37.3 Å². The third-order valence-corrected chi connectivity index (χ3v) is 3.43. The molecule has 0 aliphatic carbocycles. The van der Waals surface area contributed by atoms with Crippen molar-refractivity contribution < 1.29 is 14.3 Å². The third-order valence-electron chi connectivity index (χ3n) is 3.43. The van der Waals surface area contributed by atoms with Crippen molar-refractivity contribution in [3.05, 3.63) is 59.2 Å². The molecular formula is C17H16O3. The zero-order chi connectivity index (χ0) is 13.9. The molecule has 0 N–H and O–H groups in total. The van der Waals surface area contributed by atoms with Crippen LogP contribution < -0.4 is 9.47 Å². The Bertz CT molecular complexity index is 632. The highest BCUT2D eigenvalue weighted by atomic mass is 16.6. The molecule has 2 aromatic carbocycles. The van der Waals surface area contributed by atoms with Gasteiger partial charge in [0.2, 0.25) is 0 Å². The zero-order valence-corrected chi connectivity index (χ0v) is 11.4. The van der Waals surface area contributed by atoms with Gasteiger partial charge in [-0.25, -0.2) is 0 Å². The van der Waals surface area contributed by atoms with E-state index in [0.717, 1.165) is 17.7 Å². The SMILES string of the molecule is CCc1cc2c(cc1C(=O)c1ccccc1)OCCO2. The van der Waals surface area contributed by atoms with Crippen molar-refractivity contribution in [2.45, 2.75) is 13.3 Å². The number of fused-ring (bicyclic) bond motifs is 1. The fourth-order valence-corrected chi connectivity index (χ4v) is 2.38. The Morgan fingerprint density at radius 3 is 2.35 bits per heavy atom. The highest BCUT2D eigenvalue weighted by Gasteiger charge is 2.19. The van der Waals surface area contributed by atoms with E-state index >= 15 is 0 Å². The van der Waals surface area contributed by atoms with Gasteiger partial charge < -0.3 is 9.47 Å². The van der Waals surface area contributed by atoms with Gasteiger partial charge in [0.1, 0.15) is 13.2 Å². The minimum absolute atomic E-state index is 0.0272. The van der Waals surface area contributed by atoms with Crippen LogP contribution in [0.15, 0.2) is 42.5 Å². The molecular weight excluding hydrogens is 252 g/mol. The Kier molecular flexibility index (Phi) is 3.42. The van der Waals surface area contributed by atoms with E-state index in [2.05, 4.69) is 0 Å². The smallest absolute Gasteiger partial charge is 0.193 e. The van der Waals surface area contributed by atoms with E-state index in [9.17, 15) is 4.79 Å². The number of carbonyl (C=O) groups excluding carboxylic acids is 1. The molecule has 2 aromatic rings. The Balaban J connectivity index is 2.06. The number of benzene rings is 2. The zero-order valence-electron chi connectivity index (χ0n) is 11.4. The Morgan fingerprint density at radius 1 is 1.05 bits per heavy atom. The van der Waals surface area contributed by atoms with Crippen LogP contribution in [0, 0.1) is 0 Å². The molecule has 0 radical (unpaired) electrons. The van der Waals surface area contributed by atoms with Crippen LogP contribution in [-0.2, 0) is 6.42 Å². The largest absolute Gasteiger partial charge is 0.486 e. The van der Waals surface area contributed by atoms with E-state index in [1.54, 1.807) is 0 Å². The van der Waals surface area contributed by atoms with Crippen molar-refractivity contribution in [3.63, 3.8) is 0 Å². The molecule has 3 heteroatoms. The minimum atomic E-state index is 0.0272. The first kappa shape index (κ1) is 12.7. The lowest BCUT2D eigenvalue weighted by molar-refractivity contribution is 0.103. The van der Waals surface area contributed by atoms with Crippen molar-refractivity contribution in [1.29, 1.82) is 0 Å². The fraction of sp³-hybridized carbons (Fsp3) is 0.235. The molecule has 1 aliphatic rings. The second kappa shape index (κ2) is 5.37. The van der Waals surface area contributed by atoms with Crippen LogP contribution in [0.25, 0.3) is 0 Å². The first-order valence-corrected chi connectivity index (χ1v) is 6.82. The number of ketones is 1. The number of ether oxygens (including phenoxy) is 2. The van der Waals surface area contributed by atoms with Gasteiger partial charge in [0.25, 0.3) is 0 Å². The van der Waals surface area contributed by atoms with E-state index in [1.165, 1.54) is 0 Å². The first-order valence-electron chi connectivity index (χ1n) is 6.82. The van der Waals surface area contributed by atoms with Gasteiger partial charge in [-0.05, 0) is 24.1 Å². The summed E-state index contributed by atoms with van der Waals surface area (Å²) >= 11 is 0. The van der Waals surface area contributed by atoms with E-state index < -0.39 is 0 Å². The summed E-state index contributed by atoms with van der Waals surface area (Å²) in [5.41, 5.74) is 2.38. The van der Waals surface area contributed by atoms with Crippen LogP contribution >= 0.6 is 0 Å². The molecule has 0 bridgehead atoms. The van der Waals surface area contributed by atoms with Gasteiger partial charge in [0.05, 0.1) is 0 Å². The van der Waals surface area contributed by atoms with E-state index in [4.69, 9.17) is 9.47 Å². The van der Waals surface area contributed by atoms with Crippen LogP contribution in [0.3, 0.4) is 0 Å². The summed E-state index contributed by atoms with van der Waals surface area (Å²) in [7, 11) is 0. The highest BCUT2D eigenvalue weighted by Crippen LogP contribution is 2.34. The van der Waals surface area contributed by atoms with E-state index in [0.29, 0.717) is 30.1 Å². The molecule has 0 saturated carbocycles. The molecule has 3 nitrogen and oxygen atoms in total. The number of rotatable bonds is 3. The van der Waals surface area contributed by atoms with Crippen molar-refractivity contribution in [2.24, 2.45) is 0 Å². The first-order chi connectivity index (χ1) is 9.79. The lowest BCUT2D eigenvalue weighted by Gasteiger charge is -2.20. The predicted octanol–water partition coefficient (Wildman–Crippen LogP) is 3.25. The van der Waals surface area contributed by atoms with Crippen molar-refractivity contribution in [3.8, 4) is 11.5 Å². The molecule has 0 amide bonds. The van der Waals surface area contributed by atoms with Crippen LogP contribution in [0.5, 0.6) is 11.5 Å². The number of hydrogen-bond acceptors (Lipinski definition) is 3. The maximum absolute atomic E-state index is 12.6. The average molecular weight is 268 g/mol. The van der Waals surface area contributed by atoms with Gasteiger partial charge >= 0.3 is 0 Å². The Labute approximate surface area is 118 Å². The van der Waals surface area contributed by atoms with Gasteiger partial charge in [-0.15, -0.1) is 0 Å². The minimum Gasteiger partial charge on any atom is -0.486 e. The summed E-state index contributed by atoms with van der Waals surface area (Å²) < 4.78 is 11.1. The quantitative estimate of drug-likeness (QED) is 0.802. The van der Waals surface area contributed by atoms with Gasteiger partial charge in [-0.2, -0.15) is 0 Å². The van der Waals surface area contributed by atoms with Crippen LogP contribution in [0.2, 0.25) is 0 Å². The summed E-state index contributed by atoms with van der Waals surface area (Å²) in [6, 6.07) is 13.0. The summed E-state index contributed by atoms with van der Waals surface area (Å²) in [5, 5.41) is 0. The molecule has 0 atom stereocenters. The van der Waals surface area contributed by atoms with Crippen molar-refractivity contribution >= 4 is 5.78 Å². The molecule has 0 aromatic heterocycles. The maximum Gasteiger partial charge on any atom is 0.193 e. The van der Waals surface area contributed by atoms with Crippen LogP contribution in [-0.4, -0.2) is 19.0 Å². The van der Waals surface area contributed by atoms with Crippen LogP contribution in [0.1, 0.15) is 28.4 Å². The van der Waals surface area contributed by atoms with E-state index in [-0.39, 0.29) is 5.78 Å². The number of aryl methyl sites for hydroxylation is 1. The van der Waals surface area contributed by atoms with Gasteiger partial charge in [0, 0.05) is 11.1 Å². The molecule has 20 heavy (non-hydrogen) atoms. The Hall–Kier alpha value is -2.29. The normalized spacial score (nSPS) is 13.1. The molecule has 0 saturated heterocycles. The highest BCUT2D eigenvalue weighted by molar-refractivity contribution is 6.10. The average Bonchev–Trinajstić information content (AvgIpc) is 2.53. The monoisotopic (exact) mass is 268 g/mol. The molecule has 0 fully saturated rings. The molecule has 1 heterocycles. The molecule has 3 rings (SSSR count). The molecule has 1 aliphatic heterocycles. The predicted molar refractivity (Wildman–Crippen MR) is 76.7 cm³/mol. The van der Waals surface area contributed by atoms with Gasteiger partial charge in [0.15, 0.2) is 17.3 Å². The molecule has 0 spiro atoms. The second-order valence-corrected chi connectivity index (χ2v) is 4.70. The lowest BCUT2D eigenvalue weighted by Crippen LogP contribution is -2.17. The summed E-state index contributed by atoms with van der Waals surface area (Å²) in [5.74, 6) is 1.42. The number of hydrogen-bond donors (Lipinski definition) is 0. The van der Waals surface area contributed by atoms with E-state index in [1.807, 2.05) is 49.4 Å². The fourth-order valence-electron chi connectivity index (χ4n) is 2.38. The molecule has 102 valence electrons. The summed E-state index contributed by atoms with van der Waals surface area (Å²) in [4.78, 5) is 12.6. The third kappa shape index (κ3) is 2.27. The lowest BCUT2D eigenvalue weighted by atomic mass is 9.96. The summed E-state index contributed by atoms with van der Waals surface area (Å²) in [6.07, 6.45) is 0.782. The van der Waals surface area contributed by atoms with Crippen molar-refractivity contribution in [2.75, 3.05) is 13.2 Å². The van der Waals surface area contributed by atoms with Crippen LogP contribution in [0.4, 0.5) is 0 Å². The summed E-state index contributed by atoms with van der Waals surface area (Å²) in [6.45, 7) is 3.12. The Morgan fingerprint density at radius 2 is 1.70 bits per heavy atom. The van der Waals surface area contributed by atoms with Gasteiger partial charge in [-0.3, -0.25) is 4.79 Å². The molecule has 0 unspecified atom stereocenters. The second-order valence-electron chi connectivity index (χ2n) is 4.70. The van der Waals surface area contributed by atoms with Crippen molar-refractivity contribution in [1.82, 2.24) is 0 Å². The standard InChI is InChI=1S/C17H16O3/c1-2-12-10-15-16(20-9-8-19-15)11-14(12)17(18)13-6-4-3-5-7-13/h3-7,10-11H,2,8-9H2,1H3. The maximum atomic E-state index is 12.6.